The van der Waals surface area contributed by atoms with Crippen LogP contribution in [-0.4, -0.2) is 23.3 Å². The molecule has 1 rings (SSSR count). The summed E-state index contributed by atoms with van der Waals surface area (Å²) in [5.74, 6) is -0.376. The number of carbonyl (C=O) groups is 2. The molecule has 12 heavy (non-hydrogen) atoms. The van der Waals surface area contributed by atoms with Crippen molar-refractivity contribution < 1.29 is 42.3 Å². The maximum Gasteiger partial charge on any atom is 0.253 e. The van der Waals surface area contributed by atoms with Crippen LogP contribution in [0.25, 0.3) is 0 Å². The standard InChI is InChI=1S/C7H9NO2.CH3.Y/c1-2-5-8-6(9)3-4-7(8)10;;/h3-4H,2,5H2,1H3;1H3;/q;-1;. The molecule has 4 heteroatoms. The Balaban J connectivity index is 0. The van der Waals surface area contributed by atoms with Crippen LogP contribution in [0.15, 0.2) is 12.2 Å². The van der Waals surface area contributed by atoms with Gasteiger partial charge in [0.2, 0.25) is 0 Å². The van der Waals surface area contributed by atoms with E-state index in [1.165, 1.54) is 17.1 Å². The van der Waals surface area contributed by atoms with Gasteiger partial charge in [-0.25, -0.2) is 0 Å². The number of hydrogen-bond acceptors (Lipinski definition) is 2. The van der Waals surface area contributed by atoms with E-state index in [-0.39, 0.29) is 52.0 Å². The Hall–Kier alpha value is -0.0161. The molecule has 0 saturated heterocycles. The van der Waals surface area contributed by atoms with E-state index in [1.807, 2.05) is 6.92 Å². The Labute approximate surface area is 98.1 Å². The molecule has 1 aliphatic heterocycles. The van der Waals surface area contributed by atoms with Crippen molar-refractivity contribution in [3.05, 3.63) is 19.6 Å². The number of nitrogens with zero attached hydrogens (tertiary/aromatic N) is 1. The van der Waals surface area contributed by atoms with Crippen LogP contribution in [0.5, 0.6) is 0 Å². The van der Waals surface area contributed by atoms with E-state index in [1.54, 1.807) is 0 Å². The Morgan fingerprint density at radius 1 is 1.25 bits per heavy atom. The summed E-state index contributed by atoms with van der Waals surface area (Å²) in [5, 5.41) is 0. The predicted molar refractivity (Wildman–Crippen MR) is 42.6 cm³/mol. The fraction of sp³-hybridized carbons (Fsp3) is 0.375. The molecule has 0 aromatic rings. The summed E-state index contributed by atoms with van der Waals surface area (Å²) in [5.41, 5.74) is 0. The molecule has 0 spiro atoms. The van der Waals surface area contributed by atoms with Crippen LogP contribution in [0.1, 0.15) is 13.3 Å². The number of rotatable bonds is 2. The Morgan fingerprint density at radius 3 is 2.00 bits per heavy atom. The minimum Gasteiger partial charge on any atom is -0.358 e. The van der Waals surface area contributed by atoms with Crippen LogP contribution in [0.2, 0.25) is 0 Å². The molecule has 1 radical (unpaired) electrons. The average Bonchev–Trinajstić information content (AvgIpc) is 2.20. The van der Waals surface area contributed by atoms with Crippen molar-refractivity contribution >= 4 is 11.8 Å². The van der Waals surface area contributed by atoms with Crippen molar-refractivity contribution in [3.8, 4) is 0 Å². The van der Waals surface area contributed by atoms with Gasteiger partial charge in [0.25, 0.3) is 11.8 Å². The summed E-state index contributed by atoms with van der Waals surface area (Å²) < 4.78 is 0. The van der Waals surface area contributed by atoms with Gasteiger partial charge in [0.05, 0.1) is 0 Å². The largest absolute Gasteiger partial charge is 0.358 e. The van der Waals surface area contributed by atoms with Crippen molar-refractivity contribution in [2.24, 2.45) is 0 Å². The zero-order valence-corrected chi connectivity index (χ0v) is 10.2. The molecule has 0 aliphatic carbocycles. The third kappa shape index (κ3) is 3.15. The smallest absolute Gasteiger partial charge is 0.253 e. The molecule has 3 nitrogen and oxygen atoms in total. The third-order valence-corrected chi connectivity index (χ3v) is 1.35. The van der Waals surface area contributed by atoms with E-state index >= 15 is 0 Å². The second-order valence-electron chi connectivity index (χ2n) is 2.16. The molecule has 2 amide bonds. The Morgan fingerprint density at radius 2 is 1.67 bits per heavy atom. The molecule has 0 fully saturated rings. The van der Waals surface area contributed by atoms with Crippen LogP contribution >= 0.6 is 0 Å². The molecular formula is C8H12NO2Y-. The summed E-state index contributed by atoms with van der Waals surface area (Å²) in [6.07, 6.45) is 3.43. The number of imide groups is 1. The van der Waals surface area contributed by atoms with Crippen molar-refractivity contribution in [1.82, 2.24) is 4.90 Å². The zero-order valence-electron chi connectivity index (χ0n) is 7.41. The van der Waals surface area contributed by atoms with Gasteiger partial charge < -0.3 is 7.43 Å². The average molecular weight is 243 g/mol. The van der Waals surface area contributed by atoms with Crippen LogP contribution in [0.3, 0.4) is 0 Å². The van der Waals surface area contributed by atoms with Gasteiger partial charge in [0, 0.05) is 51.4 Å². The zero-order chi connectivity index (χ0) is 7.56. The topological polar surface area (TPSA) is 37.4 Å². The van der Waals surface area contributed by atoms with Gasteiger partial charge >= 0.3 is 0 Å². The second-order valence-corrected chi connectivity index (χ2v) is 2.16. The summed E-state index contributed by atoms with van der Waals surface area (Å²) in [7, 11) is 0. The van der Waals surface area contributed by atoms with Gasteiger partial charge in [-0.15, -0.1) is 0 Å². The quantitative estimate of drug-likeness (QED) is 0.530. The molecule has 0 unspecified atom stereocenters. The monoisotopic (exact) mass is 243 g/mol. The summed E-state index contributed by atoms with van der Waals surface area (Å²) >= 11 is 0. The molecule has 0 N–H and O–H groups in total. The van der Waals surface area contributed by atoms with Crippen LogP contribution in [0, 0.1) is 7.43 Å². The van der Waals surface area contributed by atoms with Gasteiger partial charge in [-0.2, -0.15) is 0 Å². The Bertz CT molecular complexity index is 183. The molecule has 1 heterocycles. The van der Waals surface area contributed by atoms with Crippen LogP contribution in [-0.2, 0) is 42.3 Å². The number of amides is 2. The first kappa shape index (κ1) is 14.5. The summed E-state index contributed by atoms with van der Waals surface area (Å²) in [6, 6.07) is 0. The van der Waals surface area contributed by atoms with E-state index in [4.69, 9.17) is 0 Å². The molecule has 1 aliphatic rings. The summed E-state index contributed by atoms with van der Waals surface area (Å²) in [6.45, 7) is 2.46. The Kier molecular flexibility index (Phi) is 7.85. The van der Waals surface area contributed by atoms with Crippen molar-refractivity contribution in [2.75, 3.05) is 6.54 Å². The maximum atomic E-state index is 10.8. The van der Waals surface area contributed by atoms with E-state index in [2.05, 4.69) is 0 Å². The molecule has 0 atom stereocenters. The minimum atomic E-state index is -0.188. The fourth-order valence-corrected chi connectivity index (χ4v) is 0.875. The molecule has 0 aromatic heterocycles. The normalized spacial score (nSPS) is 14.2. The van der Waals surface area contributed by atoms with E-state index in [0.29, 0.717) is 6.54 Å². The maximum absolute atomic E-state index is 10.8. The second kappa shape index (κ2) is 6.49. The van der Waals surface area contributed by atoms with Gasteiger partial charge in [-0.1, -0.05) is 6.92 Å². The van der Waals surface area contributed by atoms with Crippen LogP contribution in [0.4, 0.5) is 0 Å². The van der Waals surface area contributed by atoms with E-state index in [0.717, 1.165) is 6.42 Å². The molecule has 0 aromatic carbocycles. The molecule has 65 valence electrons. The summed E-state index contributed by atoms with van der Waals surface area (Å²) in [4.78, 5) is 22.8. The van der Waals surface area contributed by atoms with Crippen LogP contribution < -0.4 is 0 Å². The minimum absolute atomic E-state index is 0. The first-order chi connectivity index (χ1) is 4.75. The van der Waals surface area contributed by atoms with Crippen molar-refractivity contribution in [1.29, 1.82) is 0 Å². The SMILES string of the molecule is CCCN1C(=O)C=CC1=O.[CH3-].[Y]. The van der Waals surface area contributed by atoms with Gasteiger partial charge in [0.1, 0.15) is 0 Å². The first-order valence-electron chi connectivity index (χ1n) is 3.29. The van der Waals surface area contributed by atoms with Gasteiger partial charge in [-0.3, -0.25) is 14.5 Å². The number of hydrogen-bond donors (Lipinski definition) is 0. The third-order valence-electron chi connectivity index (χ3n) is 1.35. The molecule has 0 bridgehead atoms. The van der Waals surface area contributed by atoms with Gasteiger partial charge in [0.15, 0.2) is 0 Å². The van der Waals surface area contributed by atoms with Gasteiger partial charge in [-0.05, 0) is 6.42 Å². The fourth-order valence-electron chi connectivity index (χ4n) is 0.875. The van der Waals surface area contributed by atoms with E-state index in [9.17, 15) is 9.59 Å². The predicted octanol–water partition coefficient (Wildman–Crippen LogP) is 0.769. The van der Waals surface area contributed by atoms with Crippen molar-refractivity contribution in [3.63, 3.8) is 0 Å². The van der Waals surface area contributed by atoms with E-state index < -0.39 is 0 Å². The number of carbonyl (C=O) groups excluding carboxylic acids is 2. The van der Waals surface area contributed by atoms with Crippen molar-refractivity contribution in [2.45, 2.75) is 13.3 Å². The molecule has 0 saturated carbocycles. The first-order valence-corrected chi connectivity index (χ1v) is 3.29. The molecular weight excluding hydrogens is 231 g/mol.